The smallest absolute Gasteiger partial charge is 0.248 e. The molecule has 0 heterocycles. The highest BCUT2D eigenvalue weighted by molar-refractivity contribution is 5.01. The Bertz CT molecular complexity index is 300. The SMILES string of the molecule is CC(=CN(C)C(N)(N)N)CC1CCC(F)(F)CC1. The molecule has 1 aliphatic carbocycles. The molecule has 1 aliphatic rings. The summed E-state index contributed by atoms with van der Waals surface area (Å²) in [6.07, 6.45) is 3.70. The van der Waals surface area contributed by atoms with E-state index in [0.29, 0.717) is 18.8 Å². The summed E-state index contributed by atoms with van der Waals surface area (Å²) in [4.78, 5) is 1.53. The molecular weight excluding hydrogens is 238 g/mol. The Morgan fingerprint density at radius 3 is 2.28 bits per heavy atom. The average Bonchev–Trinajstić information content (AvgIpc) is 2.19. The molecule has 4 nitrogen and oxygen atoms in total. The van der Waals surface area contributed by atoms with Gasteiger partial charge in [-0.1, -0.05) is 5.57 Å². The molecule has 0 aromatic heterocycles. The molecule has 0 saturated heterocycles. The number of nitrogens with zero attached hydrogens (tertiary/aromatic N) is 1. The maximum Gasteiger partial charge on any atom is 0.248 e. The molecule has 0 aliphatic heterocycles. The summed E-state index contributed by atoms with van der Waals surface area (Å²) in [5.74, 6) is -3.54. The Balaban J connectivity index is 2.46. The molecule has 0 aromatic carbocycles. The monoisotopic (exact) mass is 262 g/mol. The van der Waals surface area contributed by atoms with E-state index in [9.17, 15) is 8.78 Å². The second kappa shape index (κ2) is 5.50. The Morgan fingerprint density at radius 2 is 1.83 bits per heavy atom. The lowest BCUT2D eigenvalue weighted by Gasteiger charge is -2.31. The van der Waals surface area contributed by atoms with E-state index >= 15 is 0 Å². The van der Waals surface area contributed by atoms with Gasteiger partial charge in [-0.25, -0.2) is 8.78 Å². The predicted molar refractivity (Wildman–Crippen MR) is 68.3 cm³/mol. The van der Waals surface area contributed by atoms with Gasteiger partial charge in [0.1, 0.15) is 0 Å². The molecule has 106 valence electrons. The van der Waals surface area contributed by atoms with Crippen molar-refractivity contribution in [1.29, 1.82) is 0 Å². The predicted octanol–water partition coefficient (Wildman–Crippen LogP) is 1.52. The minimum atomic E-state index is -2.47. The van der Waals surface area contributed by atoms with E-state index in [1.54, 1.807) is 13.2 Å². The molecule has 1 fully saturated rings. The van der Waals surface area contributed by atoms with Gasteiger partial charge in [0, 0.05) is 26.1 Å². The zero-order valence-electron chi connectivity index (χ0n) is 11.1. The van der Waals surface area contributed by atoms with Crippen LogP contribution in [-0.4, -0.2) is 23.8 Å². The van der Waals surface area contributed by atoms with Gasteiger partial charge < -0.3 is 4.90 Å². The van der Waals surface area contributed by atoms with Crippen LogP contribution in [0.4, 0.5) is 8.78 Å². The van der Waals surface area contributed by atoms with Crippen molar-refractivity contribution in [2.45, 2.75) is 50.9 Å². The Kier molecular flexibility index (Phi) is 4.69. The van der Waals surface area contributed by atoms with Gasteiger partial charge in [-0.3, -0.25) is 17.2 Å². The van der Waals surface area contributed by atoms with E-state index in [1.807, 2.05) is 6.92 Å². The van der Waals surface area contributed by atoms with Gasteiger partial charge in [0.25, 0.3) is 0 Å². The first kappa shape index (κ1) is 15.3. The van der Waals surface area contributed by atoms with Crippen molar-refractivity contribution < 1.29 is 8.78 Å². The van der Waals surface area contributed by atoms with Gasteiger partial charge in [0.05, 0.1) is 0 Å². The largest absolute Gasteiger partial charge is 0.339 e. The van der Waals surface area contributed by atoms with Crippen LogP contribution in [0.2, 0.25) is 0 Å². The average molecular weight is 262 g/mol. The fourth-order valence-corrected chi connectivity index (χ4v) is 2.25. The molecule has 1 rings (SSSR count). The van der Waals surface area contributed by atoms with Crippen molar-refractivity contribution in [3.05, 3.63) is 11.8 Å². The van der Waals surface area contributed by atoms with E-state index in [4.69, 9.17) is 17.2 Å². The van der Waals surface area contributed by atoms with E-state index in [2.05, 4.69) is 0 Å². The van der Waals surface area contributed by atoms with Crippen LogP contribution in [0, 0.1) is 5.92 Å². The minimum Gasteiger partial charge on any atom is -0.339 e. The first-order chi connectivity index (χ1) is 8.10. The van der Waals surface area contributed by atoms with Gasteiger partial charge in [-0.15, -0.1) is 0 Å². The third-order valence-electron chi connectivity index (χ3n) is 3.47. The summed E-state index contributed by atoms with van der Waals surface area (Å²) >= 11 is 0. The summed E-state index contributed by atoms with van der Waals surface area (Å²) in [6, 6.07) is 0. The third kappa shape index (κ3) is 4.88. The molecule has 6 N–H and O–H groups in total. The van der Waals surface area contributed by atoms with Gasteiger partial charge in [0.15, 0.2) is 5.91 Å². The lowest BCUT2D eigenvalue weighted by molar-refractivity contribution is -0.0456. The standard InChI is InChI=1S/C12H24F2N4/c1-9(8-18(2)12(15,16)17)7-10-3-5-11(13,14)6-4-10/h8,10H,3-7,15-17H2,1-2H3. The third-order valence-corrected chi connectivity index (χ3v) is 3.47. The van der Waals surface area contributed by atoms with Crippen LogP contribution in [0.1, 0.15) is 39.0 Å². The number of allylic oxidation sites excluding steroid dienone is 1. The number of alkyl halides is 2. The molecule has 0 aromatic rings. The molecule has 6 heteroatoms. The molecule has 0 radical (unpaired) electrons. The maximum absolute atomic E-state index is 13.0. The maximum atomic E-state index is 13.0. The Morgan fingerprint density at radius 1 is 1.33 bits per heavy atom. The molecule has 0 spiro atoms. The molecule has 1 saturated carbocycles. The first-order valence-corrected chi connectivity index (χ1v) is 6.25. The molecule has 0 bridgehead atoms. The van der Waals surface area contributed by atoms with Crippen LogP contribution < -0.4 is 17.2 Å². The second-order valence-corrected chi connectivity index (χ2v) is 5.48. The quantitative estimate of drug-likeness (QED) is 0.671. The molecular formula is C12H24F2N4. The number of rotatable bonds is 4. The van der Waals surface area contributed by atoms with Gasteiger partial charge in [0.2, 0.25) is 5.92 Å². The fourth-order valence-electron chi connectivity index (χ4n) is 2.25. The van der Waals surface area contributed by atoms with Crippen molar-refractivity contribution >= 4 is 0 Å². The van der Waals surface area contributed by atoms with Crippen LogP contribution in [-0.2, 0) is 0 Å². The zero-order valence-corrected chi connectivity index (χ0v) is 11.1. The van der Waals surface area contributed by atoms with Crippen LogP contribution in [0.5, 0.6) is 0 Å². The molecule has 0 amide bonds. The van der Waals surface area contributed by atoms with Gasteiger partial charge >= 0.3 is 0 Å². The molecule has 18 heavy (non-hydrogen) atoms. The normalized spacial score (nSPS) is 22.1. The highest BCUT2D eigenvalue weighted by atomic mass is 19.3. The van der Waals surface area contributed by atoms with Crippen molar-refractivity contribution in [3.8, 4) is 0 Å². The van der Waals surface area contributed by atoms with Crippen LogP contribution in [0.3, 0.4) is 0 Å². The summed E-state index contributed by atoms with van der Waals surface area (Å²) in [6.45, 7) is 1.94. The van der Waals surface area contributed by atoms with E-state index in [0.717, 1.165) is 12.0 Å². The summed E-state index contributed by atoms with van der Waals surface area (Å²) in [7, 11) is 1.69. The molecule has 0 unspecified atom stereocenters. The number of nitrogens with two attached hydrogens (primary N) is 3. The van der Waals surface area contributed by atoms with E-state index < -0.39 is 11.8 Å². The highest BCUT2D eigenvalue weighted by Crippen LogP contribution is 2.38. The fraction of sp³-hybridized carbons (Fsp3) is 0.833. The number of halogens is 2. The van der Waals surface area contributed by atoms with Crippen LogP contribution >= 0.6 is 0 Å². The number of hydrogen-bond acceptors (Lipinski definition) is 4. The lowest BCUT2D eigenvalue weighted by Crippen LogP contribution is -2.67. The lowest BCUT2D eigenvalue weighted by atomic mass is 9.83. The van der Waals surface area contributed by atoms with Gasteiger partial charge in [-0.2, -0.15) is 0 Å². The summed E-state index contributed by atoms with van der Waals surface area (Å²) in [5, 5.41) is 0. The van der Waals surface area contributed by atoms with E-state index in [1.165, 1.54) is 4.90 Å². The van der Waals surface area contributed by atoms with Crippen molar-refractivity contribution in [2.75, 3.05) is 7.05 Å². The number of hydrogen-bond donors (Lipinski definition) is 3. The summed E-state index contributed by atoms with van der Waals surface area (Å²) < 4.78 is 26.0. The minimum absolute atomic E-state index is 0.00457. The van der Waals surface area contributed by atoms with Crippen molar-refractivity contribution in [2.24, 2.45) is 23.1 Å². The molecule has 0 atom stereocenters. The highest BCUT2D eigenvalue weighted by Gasteiger charge is 2.34. The summed E-state index contributed by atoms with van der Waals surface area (Å²) in [5.41, 5.74) is 17.7. The van der Waals surface area contributed by atoms with Crippen LogP contribution in [0.15, 0.2) is 11.8 Å². The zero-order chi connectivity index (χ0) is 14.0. The topological polar surface area (TPSA) is 81.3 Å². The van der Waals surface area contributed by atoms with Crippen LogP contribution in [0.25, 0.3) is 0 Å². The Labute approximate surface area is 107 Å². The second-order valence-electron chi connectivity index (χ2n) is 5.48. The van der Waals surface area contributed by atoms with Gasteiger partial charge in [-0.05, 0) is 32.1 Å². The van der Waals surface area contributed by atoms with Crippen molar-refractivity contribution in [3.63, 3.8) is 0 Å². The van der Waals surface area contributed by atoms with Crippen molar-refractivity contribution in [1.82, 2.24) is 4.90 Å². The first-order valence-electron chi connectivity index (χ1n) is 6.25. The van der Waals surface area contributed by atoms with E-state index in [-0.39, 0.29) is 12.8 Å². The Hall–Kier alpha value is -0.720.